The van der Waals surface area contributed by atoms with Gasteiger partial charge < -0.3 is 14.8 Å². The second kappa shape index (κ2) is 8.75. The molecule has 31 heavy (non-hydrogen) atoms. The smallest absolute Gasteiger partial charge is 0.353 e. The van der Waals surface area contributed by atoms with E-state index in [1.54, 1.807) is 12.1 Å². The van der Waals surface area contributed by atoms with Crippen molar-refractivity contribution in [2.75, 3.05) is 0 Å². The monoisotopic (exact) mass is 482 g/mol. The number of carboxylic acids is 2. The topological polar surface area (TPSA) is 128 Å². The zero-order valence-electron chi connectivity index (χ0n) is 15.6. The lowest BCUT2D eigenvalue weighted by molar-refractivity contribution is 0.0682. The lowest BCUT2D eigenvalue weighted by Crippen LogP contribution is -2.12. The molecule has 1 heterocycles. The highest BCUT2D eigenvalue weighted by Crippen LogP contribution is 2.35. The standard InChI is InChI=1S/C21H12BrFN4O4/c1-2-16-18(20(28)29)17(11-3-6-14(23)7-4-11)19(21(30)31)27(16)10-12-9-13(22)5-8-15(12)25-26-24/h1,3-9H,10H2,(H,28,29)(H,30,31). The normalized spacial score (nSPS) is 10.2. The molecule has 0 radical (unpaired) electrons. The highest BCUT2D eigenvalue weighted by atomic mass is 79.9. The van der Waals surface area contributed by atoms with Gasteiger partial charge in [0.1, 0.15) is 22.8 Å². The maximum Gasteiger partial charge on any atom is 0.353 e. The van der Waals surface area contributed by atoms with Gasteiger partial charge in [-0.3, -0.25) is 0 Å². The molecule has 0 spiro atoms. The van der Waals surface area contributed by atoms with Crippen molar-refractivity contribution in [2.45, 2.75) is 6.54 Å². The molecule has 0 aliphatic heterocycles. The van der Waals surface area contributed by atoms with E-state index < -0.39 is 23.3 Å². The highest BCUT2D eigenvalue weighted by molar-refractivity contribution is 9.10. The quantitative estimate of drug-likeness (QED) is 0.210. The number of hydrogen-bond acceptors (Lipinski definition) is 3. The Morgan fingerprint density at radius 3 is 2.42 bits per heavy atom. The average molecular weight is 483 g/mol. The van der Waals surface area contributed by atoms with Crippen molar-refractivity contribution in [1.82, 2.24) is 4.57 Å². The summed E-state index contributed by atoms with van der Waals surface area (Å²) in [4.78, 5) is 27.0. The molecule has 8 nitrogen and oxygen atoms in total. The van der Waals surface area contributed by atoms with E-state index in [1.165, 1.54) is 18.2 Å². The van der Waals surface area contributed by atoms with Gasteiger partial charge in [-0.1, -0.05) is 45.2 Å². The summed E-state index contributed by atoms with van der Waals surface area (Å²) >= 11 is 3.30. The van der Waals surface area contributed by atoms with Crippen LogP contribution in [0.15, 0.2) is 52.1 Å². The third-order valence-corrected chi connectivity index (χ3v) is 4.97. The Labute approximate surface area is 183 Å². The molecule has 3 aromatic rings. The van der Waals surface area contributed by atoms with E-state index in [-0.39, 0.29) is 34.7 Å². The molecule has 3 rings (SSSR count). The summed E-state index contributed by atoms with van der Waals surface area (Å²) in [5, 5.41) is 23.3. The minimum atomic E-state index is -1.43. The fourth-order valence-electron chi connectivity index (χ4n) is 3.25. The summed E-state index contributed by atoms with van der Waals surface area (Å²) in [5.41, 5.74) is 8.51. The molecule has 2 aromatic carbocycles. The van der Waals surface area contributed by atoms with Gasteiger partial charge in [-0.15, -0.1) is 6.42 Å². The molecule has 154 valence electrons. The molecule has 1 aromatic heterocycles. The number of azide groups is 1. The van der Waals surface area contributed by atoms with E-state index in [9.17, 15) is 24.2 Å². The Morgan fingerprint density at radius 1 is 1.19 bits per heavy atom. The van der Waals surface area contributed by atoms with Crippen molar-refractivity contribution in [3.05, 3.63) is 85.7 Å². The SMILES string of the molecule is C#Cc1c(C(=O)O)c(-c2ccc(F)cc2)c(C(=O)O)n1Cc1cc(Br)ccc1N=[N+]=[N-]. The Bertz CT molecular complexity index is 1300. The van der Waals surface area contributed by atoms with E-state index in [0.717, 1.165) is 16.7 Å². The molecule has 0 fully saturated rings. The molecule has 0 aliphatic carbocycles. The molecular formula is C21H12BrFN4O4. The minimum Gasteiger partial charge on any atom is -0.478 e. The van der Waals surface area contributed by atoms with Crippen LogP contribution in [0.1, 0.15) is 32.1 Å². The van der Waals surface area contributed by atoms with Gasteiger partial charge in [0.2, 0.25) is 0 Å². The number of halogens is 2. The maximum absolute atomic E-state index is 13.4. The van der Waals surface area contributed by atoms with Crippen LogP contribution in [0.2, 0.25) is 0 Å². The van der Waals surface area contributed by atoms with Gasteiger partial charge in [-0.05, 0) is 40.9 Å². The van der Waals surface area contributed by atoms with Gasteiger partial charge in [0.15, 0.2) is 0 Å². The van der Waals surface area contributed by atoms with Crippen molar-refractivity contribution >= 4 is 33.6 Å². The predicted octanol–water partition coefficient (Wildman–Crippen LogP) is 5.42. The number of benzene rings is 2. The van der Waals surface area contributed by atoms with Gasteiger partial charge >= 0.3 is 11.9 Å². The fourth-order valence-corrected chi connectivity index (χ4v) is 3.66. The molecule has 0 amide bonds. The van der Waals surface area contributed by atoms with Crippen molar-refractivity contribution in [3.63, 3.8) is 0 Å². The summed E-state index contributed by atoms with van der Waals surface area (Å²) in [5.74, 6) is -1.17. The number of rotatable bonds is 6. The summed E-state index contributed by atoms with van der Waals surface area (Å²) in [6.07, 6.45) is 5.58. The van der Waals surface area contributed by atoms with Crippen LogP contribution in [-0.2, 0) is 6.54 Å². The Balaban J connectivity index is 2.38. The Morgan fingerprint density at radius 2 is 1.87 bits per heavy atom. The van der Waals surface area contributed by atoms with Crippen molar-refractivity contribution in [1.29, 1.82) is 0 Å². The van der Waals surface area contributed by atoms with Crippen LogP contribution in [0.3, 0.4) is 0 Å². The average Bonchev–Trinajstić information content (AvgIpc) is 3.05. The summed E-state index contributed by atoms with van der Waals surface area (Å²) in [6.45, 7) is -0.184. The molecular weight excluding hydrogens is 471 g/mol. The van der Waals surface area contributed by atoms with Gasteiger partial charge in [0.05, 0.1) is 0 Å². The summed E-state index contributed by atoms with van der Waals surface area (Å²) in [7, 11) is 0. The number of aromatic nitrogens is 1. The third-order valence-electron chi connectivity index (χ3n) is 4.47. The molecule has 0 unspecified atom stereocenters. The molecule has 0 saturated heterocycles. The molecule has 0 bridgehead atoms. The zero-order valence-corrected chi connectivity index (χ0v) is 17.2. The van der Waals surface area contributed by atoms with Gasteiger partial charge in [-0.25, -0.2) is 14.0 Å². The highest BCUT2D eigenvalue weighted by Gasteiger charge is 2.31. The number of aromatic carboxylic acids is 2. The lowest BCUT2D eigenvalue weighted by atomic mass is 10.00. The first-order valence-corrected chi connectivity index (χ1v) is 9.37. The van der Waals surface area contributed by atoms with Crippen LogP contribution in [0.4, 0.5) is 10.1 Å². The molecule has 0 atom stereocenters. The van der Waals surface area contributed by atoms with Crippen molar-refractivity contribution < 1.29 is 24.2 Å². The fraction of sp³-hybridized carbons (Fsp3) is 0.0476. The van der Waals surface area contributed by atoms with Gasteiger partial charge in [-0.2, -0.15) is 0 Å². The number of nitrogens with zero attached hydrogens (tertiary/aromatic N) is 4. The van der Waals surface area contributed by atoms with Gasteiger partial charge in [0.25, 0.3) is 0 Å². The largest absolute Gasteiger partial charge is 0.478 e. The Hall–Kier alpha value is -4.06. The van der Waals surface area contributed by atoms with E-state index in [1.807, 2.05) is 0 Å². The number of terminal acetylenes is 1. The second-order valence-electron chi connectivity index (χ2n) is 6.26. The maximum atomic E-state index is 13.4. The van der Waals surface area contributed by atoms with Crippen molar-refractivity contribution in [3.8, 4) is 23.5 Å². The van der Waals surface area contributed by atoms with Crippen LogP contribution in [0.25, 0.3) is 21.6 Å². The molecule has 10 heteroatoms. The molecule has 0 saturated carbocycles. The van der Waals surface area contributed by atoms with Crippen LogP contribution >= 0.6 is 15.9 Å². The van der Waals surface area contributed by atoms with E-state index >= 15 is 0 Å². The summed E-state index contributed by atoms with van der Waals surface area (Å²) in [6, 6.07) is 9.50. The van der Waals surface area contributed by atoms with Crippen LogP contribution in [0, 0.1) is 18.2 Å². The van der Waals surface area contributed by atoms with E-state index in [0.29, 0.717) is 10.0 Å². The van der Waals surface area contributed by atoms with Gasteiger partial charge in [0, 0.05) is 27.2 Å². The predicted molar refractivity (Wildman–Crippen MR) is 114 cm³/mol. The molecule has 0 aliphatic rings. The van der Waals surface area contributed by atoms with Crippen molar-refractivity contribution in [2.24, 2.45) is 5.11 Å². The second-order valence-corrected chi connectivity index (χ2v) is 7.17. The van der Waals surface area contributed by atoms with Crippen LogP contribution in [-0.4, -0.2) is 26.7 Å². The zero-order chi connectivity index (χ0) is 22.7. The first-order chi connectivity index (χ1) is 14.8. The van der Waals surface area contributed by atoms with Crippen LogP contribution < -0.4 is 0 Å². The first-order valence-electron chi connectivity index (χ1n) is 8.57. The lowest BCUT2D eigenvalue weighted by Gasteiger charge is -2.12. The summed E-state index contributed by atoms with van der Waals surface area (Å²) < 4.78 is 15.2. The number of hydrogen-bond donors (Lipinski definition) is 2. The van der Waals surface area contributed by atoms with E-state index in [2.05, 4.69) is 31.9 Å². The van der Waals surface area contributed by atoms with E-state index in [4.69, 9.17) is 12.0 Å². The Kier molecular flexibility index (Phi) is 6.11. The minimum absolute atomic E-state index is 0.145. The molecule has 2 N–H and O–H groups in total. The first kappa shape index (κ1) is 21.6. The number of carbonyl (C=O) groups is 2. The van der Waals surface area contributed by atoms with Crippen LogP contribution in [0.5, 0.6) is 0 Å². The third kappa shape index (κ3) is 4.14. The number of carboxylic acid groups (broad SMARTS) is 2.